The molecule has 2 aromatic rings. The van der Waals surface area contributed by atoms with Crippen LogP contribution in [0.25, 0.3) is 0 Å². The summed E-state index contributed by atoms with van der Waals surface area (Å²) in [5.74, 6) is -0.606. The molecule has 1 fully saturated rings. The van der Waals surface area contributed by atoms with Crippen LogP contribution >= 0.6 is 11.3 Å². The lowest BCUT2D eigenvalue weighted by Gasteiger charge is -2.49. The molecule has 1 unspecified atom stereocenters. The summed E-state index contributed by atoms with van der Waals surface area (Å²) in [6.07, 6.45) is 2.05. The summed E-state index contributed by atoms with van der Waals surface area (Å²) in [6, 6.07) is 7.00. The van der Waals surface area contributed by atoms with E-state index in [2.05, 4.69) is 15.5 Å². The van der Waals surface area contributed by atoms with E-state index in [1.807, 2.05) is 20.8 Å². The Morgan fingerprint density at radius 3 is 2.73 bits per heavy atom. The maximum atomic E-state index is 13.7. The molecule has 0 aliphatic carbocycles. The molecule has 30 heavy (non-hydrogen) atoms. The van der Waals surface area contributed by atoms with E-state index in [1.54, 1.807) is 29.2 Å². The van der Waals surface area contributed by atoms with Gasteiger partial charge in [0.1, 0.15) is 5.01 Å². The van der Waals surface area contributed by atoms with Crippen molar-refractivity contribution in [2.24, 2.45) is 0 Å². The predicted octanol–water partition coefficient (Wildman–Crippen LogP) is 3.38. The van der Waals surface area contributed by atoms with Gasteiger partial charge in [-0.2, -0.15) is 0 Å². The van der Waals surface area contributed by atoms with E-state index in [9.17, 15) is 14.4 Å². The summed E-state index contributed by atoms with van der Waals surface area (Å²) in [5, 5.41) is 12.2. The topological polar surface area (TPSA) is 95.5 Å². The highest BCUT2D eigenvalue weighted by molar-refractivity contribution is 7.15. The molecule has 1 N–H and O–H groups in total. The van der Waals surface area contributed by atoms with E-state index >= 15 is 0 Å². The minimum absolute atomic E-state index is 0.160. The Bertz CT molecular complexity index is 1000. The van der Waals surface area contributed by atoms with Gasteiger partial charge >= 0.3 is 0 Å². The van der Waals surface area contributed by atoms with E-state index in [0.29, 0.717) is 22.9 Å². The fraction of sp³-hybridized carbons (Fsp3) is 0.476. The Morgan fingerprint density at radius 1 is 1.27 bits per heavy atom. The second-order valence-corrected chi connectivity index (χ2v) is 8.94. The Kier molecular flexibility index (Phi) is 5.31. The molecule has 2 aliphatic rings. The Morgan fingerprint density at radius 2 is 2.03 bits per heavy atom. The Labute approximate surface area is 179 Å². The van der Waals surface area contributed by atoms with Crippen LogP contribution in [0.3, 0.4) is 0 Å². The number of nitrogens with zero attached hydrogens (tertiary/aromatic N) is 4. The van der Waals surface area contributed by atoms with Crippen molar-refractivity contribution in [2.75, 3.05) is 16.8 Å². The number of carbonyl (C=O) groups is 3. The Hall–Kier alpha value is -2.81. The number of anilines is 2. The van der Waals surface area contributed by atoms with Gasteiger partial charge in [0.25, 0.3) is 11.8 Å². The number of carbonyl (C=O) groups excluding carboxylic acids is 3. The predicted molar refractivity (Wildman–Crippen MR) is 114 cm³/mol. The average molecular weight is 428 g/mol. The number of para-hydroxylation sites is 1. The van der Waals surface area contributed by atoms with Crippen molar-refractivity contribution in [1.82, 2.24) is 15.1 Å². The third-order valence-corrected chi connectivity index (χ3v) is 6.77. The lowest BCUT2D eigenvalue weighted by molar-refractivity contribution is -0.129. The molecule has 4 rings (SSSR count). The van der Waals surface area contributed by atoms with E-state index in [4.69, 9.17) is 0 Å². The van der Waals surface area contributed by atoms with Crippen LogP contribution in [-0.2, 0) is 9.59 Å². The minimum atomic E-state index is -1.39. The largest absolute Gasteiger partial charge is 0.307 e. The quantitative estimate of drug-likeness (QED) is 0.762. The van der Waals surface area contributed by atoms with Crippen LogP contribution < -0.4 is 10.2 Å². The molecule has 1 saturated heterocycles. The van der Waals surface area contributed by atoms with Crippen LogP contribution in [0, 0.1) is 0 Å². The van der Waals surface area contributed by atoms with Gasteiger partial charge in [0.2, 0.25) is 16.7 Å². The standard InChI is InChI=1S/C21H25N5O3S/c1-4-5-12-25-18(28)14-8-6-7-9-15(14)26-16(27)10-11-21(25,26)19(29)22-20-24-23-17(30-20)13(2)3/h6-9,13H,4-5,10-12H2,1-3H3,(H,22,24,29). The monoisotopic (exact) mass is 427 g/mol. The van der Waals surface area contributed by atoms with E-state index < -0.39 is 11.6 Å². The molecule has 8 nitrogen and oxygen atoms in total. The second kappa shape index (κ2) is 7.79. The molecular formula is C21H25N5O3S. The van der Waals surface area contributed by atoms with Crippen molar-refractivity contribution in [1.29, 1.82) is 0 Å². The van der Waals surface area contributed by atoms with Crippen molar-refractivity contribution in [3.8, 4) is 0 Å². The van der Waals surface area contributed by atoms with Crippen LogP contribution in [0.5, 0.6) is 0 Å². The van der Waals surface area contributed by atoms with Gasteiger partial charge in [-0.05, 0) is 18.6 Å². The van der Waals surface area contributed by atoms with Gasteiger partial charge in [0.05, 0.1) is 11.3 Å². The summed E-state index contributed by atoms with van der Waals surface area (Å²) in [4.78, 5) is 43.1. The highest BCUT2D eigenvalue weighted by Crippen LogP contribution is 2.45. The zero-order valence-corrected chi connectivity index (χ0v) is 18.2. The van der Waals surface area contributed by atoms with Crippen LogP contribution in [0.4, 0.5) is 10.8 Å². The van der Waals surface area contributed by atoms with Gasteiger partial charge in [-0.25, -0.2) is 0 Å². The number of fused-ring (bicyclic) bond motifs is 3. The molecule has 1 aromatic heterocycles. The number of rotatable bonds is 6. The third-order valence-electron chi connectivity index (χ3n) is 5.63. The van der Waals surface area contributed by atoms with E-state index in [0.717, 1.165) is 17.8 Å². The van der Waals surface area contributed by atoms with Crippen LogP contribution in [-0.4, -0.2) is 45.0 Å². The van der Waals surface area contributed by atoms with Crippen molar-refractivity contribution < 1.29 is 14.4 Å². The molecule has 9 heteroatoms. The molecule has 0 radical (unpaired) electrons. The number of unbranched alkanes of at least 4 members (excludes halogenated alkanes) is 1. The number of aromatic nitrogens is 2. The lowest BCUT2D eigenvalue weighted by Crippen LogP contribution is -2.69. The highest BCUT2D eigenvalue weighted by Gasteiger charge is 2.60. The summed E-state index contributed by atoms with van der Waals surface area (Å²) >= 11 is 1.31. The van der Waals surface area contributed by atoms with Crippen molar-refractivity contribution in [3.05, 3.63) is 34.8 Å². The third kappa shape index (κ3) is 3.08. The molecule has 3 heterocycles. The van der Waals surface area contributed by atoms with Gasteiger partial charge in [-0.1, -0.05) is 50.7 Å². The first-order chi connectivity index (χ1) is 14.4. The number of benzene rings is 1. The van der Waals surface area contributed by atoms with Crippen LogP contribution in [0.2, 0.25) is 0 Å². The summed E-state index contributed by atoms with van der Waals surface area (Å²) in [6.45, 7) is 6.44. The lowest BCUT2D eigenvalue weighted by atomic mass is 9.95. The molecule has 0 bridgehead atoms. The minimum Gasteiger partial charge on any atom is -0.307 e. The first kappa shape index (κ1) is 20.5. The maximum Gasteiger partial charge on any atom is 0.273 e. The van der Waals surface area contributed by atoms with Crippen LogP contribution in [0.15, 0.2) is 24.3 Å². The molecular weight excluding hydrogens is 402 g/mol. The SMILES string of the molecule is CCCCN1C(=O)c2ccccc2N2C(=O)CCC12C(=O)Nc1nnc(C(C)C)s1. The molecule has 0 saturated carbocycles. The second-order valence-electron chi connectivity index (χ2n) is 7.93. The normalized spacial score (nSPS) is 20.5. The molecule has 0 spiro atoms. The van der Waals surface area contributed by atoms with E-state index in [1.165, 1.54) is 16.2 Å². The summed E-state index contributed by atoms with van der Waals surface area (Å²) in [5.41, 5.74) is -0.445. The first-order valence-corrected chi connectivity index (χ1v) is 11.1. The molecule has 1 atom stereocenters. The summed E-state index contributed by atoms with van der Waals surface area (Å²) < 4.78 is 0. The number of hydrogen-bond acceptors (Lipinski definition) is 6. The van der Waals surface area contributed by atoms with Gasteiger partial charge in [0, 0.05) is 25.3 Å². The van der Waals surface area contributed by atoms with Gasteiger partial charge in [-0.3, -0.25) is 24.6 Å². The molecule has 158 valence electrons. The van der Waals surface area contributed by atoms with Gasteiger partial charge in [0.15, 0.2) is 0 Å². The zero-order valence-electron chi connectivity index (χ0n) is 17.3. The van der Waals surface area contributed by atoms with Crippen molar-refractivity contribution >= 4 is 39.9 Å². The maximum absolute atomic E-state index is 13.7. The smallest absolute Gasteiger partial charge is 0.273 e. The number of nitrogens with one attached hydrogen (secondary N) is 1. The molecule has 1 aromatic carbocycles. The van der Waals surface area contributed by atoms with Crippen molar-refractivity contribution in [3.63, 3.8) is 0 Å². The van der Waals surface area contributed by atoms with E-state index in [-0.39, 0.29) is 30.6 Å². The number of amides is 3. The van der Waals surface area contributed by atoms with Gasteiger partial charge < -0.3 is 4.90 Å². The highest BCUT2D eigenvalue weighted by atomic mass is 32.1. The van der Waals surface area contributed by atoms with Crippen LogP contribution in [0.1, 0.15) is 67.7 Å². The van der Waals surface area contributed by atoms with Gasteiger partial charge in [-0.15, -0.1) is 10.2 Å². The van der Waals surface area contributed by atoms with Crippen molar-refractivity contribution in [2.45, 2.75) is 58.0 Å². The fourth-order valence-corrected chi connectivity index (χ4v) is 4.86. The summed E-state index contributed by atoms with van der Waals surface area (Å²) in [7, 11) is 0. The number of hydrogen-bond donors (Lipinski definition) is 1. The fourth-order valence-electron chi connectivity index (χ4n) is 4.12. The zero-order chi connectivity index (χ0) is 21.5. The first-order valence-electron chi connectivity index (χ1n) is 10.3. The molecule has 2 aliphatic heterocycles. The Balaban J connectivity index is 1.78. The molecule has 3 amide bonds. The average Bonchev–Trinajstić information content (AvgIpc) is 3.33.